The van der Waals surface area contributed by atoms with Gasteiger partial charge in [-0.1, -0.05) is 30.3 Å². The zero-order valence-corrected chi connectivity index (χ0v) is 15.3. The van der Waals surface area contributed by atoms with E-state index in [-0.39, 0.29) is 11.8 Å². The average Bonchev–Trinajstić information content (AvgIpc) is 3.00. The van der Waals surface area contributed by atoms with Crippen molar-refractivity contribution < 1.29 is 4.79 Å². The molecule has 0 aliphatic carbocycles. The van der Waals surface area contributed by atoms with Crippen molar-refractivity contribution in [2.75, 3.05) is 7.05 Å². The van der Waals surface area contributed by atoms with E-state index in [1.165, 1.54) is 0 Å². The van der Waals surface area contributed by atoms with Crippen molar-refractivity contribution in [1.82, 2.24) is 29.6 Å². The van der Waals surface area contributed by atoms with Gasteiger partial charge in [-0.05, 0) is 18.4 Å². The number of aryl methyl sites for hydroxylation is 1. The summed E-state index contributed by atoms with van der Waals surface area (Å²) in [7, 11) is 1.88. The smallest absolute Gasteiger partial charge is 0.225 e. The summed E-state index contributed by atoms with van der Waals surface area (Å²) < 4.78 is 2.08. The van der Waals surface area contributed by atoms with Crippen molar-refractivity contribution in [1.29, 1.82) is 0 Å². The van der Waals surface area contributed by atoms with Gasteiger partial charge in [-0.25, -0.2) is 4.98 Å². The van der Waals surface area contributed by atoms with Crippen LogP contribution in [0.5, 0.6) is 0 Å². The molecule has 3 heterocycles. The lowest BCUT2D eigenvalue weighted by Crippen LogP contribution is -2.32. The van der Waals surface area contributed by atoms with Gasteiger partial charge in [0.2, 0.25) is 5.91 Å². The second-order valence-electron chi connectivity index (χ2n) is 6.89. The minimum absolute atomic E-state index is 0.00452. The van der Waals surface area contributed by atoms with Crippen LogP contribution in [0.2, 0.25) is 0 Å². The molecule has 0 saturated carbocycles. The van der Waals surface area contributed by atoms with Gasteiger partial charge in [-0.3, -0.25) is 9.78 Å². The number of hydrogen-bond acceptors (Lipinski definition) is 5. The van der Waals surface area contributed by atoms with Crippen LogP contribution in [-0.2, 0) is 24.3 Å². The van der Waals surface area contributed by atoms with Crippen LogP contribution in [0.3, 0.4) is 0 Å². The van der Waals surface area contributed by atoms with Crippen LogP contribution in [0.25, 0.3) is 11.5 Å². The SMILES string of the molecule is CN(Cc1ccccc1)C(=O)C1CCc2nnc(-c3cnccn3)n2CC1. The molecular weight excluding hydrogens is 340 g/mol. The molecule has 0 spiro atoms. The van der Waals surface area contributed by atoms with E-state index < -0.39 is 0 Å². The van der Waals surface area contributed by atoms with E-state index >= 15 is 0 Å². The van der Waals surface area contributed by atoms with Gasteiger partial charge >= 0.3 is 0 Å². The molecule has 0 N–H and O–H groups in total. The summed E-state index contributed by atoms with van der Waals surface area (Å²) in [6.07, 6.45) is 7.28. The highest BCUT2D eigenvalue weighted by Crippen LogP contribution is 2.25. The topological polar surface area (TPSA) is 76.8 Å². The summed E-state index contributed by atoms with van der Waals surface area (Å²) >= 11 is 0. The summed E-state index contributed by atoms with van der Waals surface area (Å²) in [6.45, 7) is 1.34. The molecule has 27 heavy (non-hydrogen) atoms. The highest BCUT2D eigenvalue weighted by atomic mass is 16.2. The summed E-state index contributed by atoms with van der Waals surface area (Å²) in [5, 5.41) is 8.61. The van der Waals surface area contributed by atoms with Gasteiger partial charge in [-0.2, -0.15) is 0 Å². The number of carbonyl (C=O) groups excluding carboxylic acids is 1. The third-order valence-corrected chi connectivity index (χ3v) is 5.03. The van der Waals surface area contributed by atoms with Crippen molar-refractivity contribution >= 4 is 5.91 Å². The highest BCUT2D eigenvalue weighted by molar-refractivity contribution is 5.78. The van der Waals surface area contributed by atoms with E-state index in [1.807, 2.05) is 42.3 Å². The maximum Gasteiger partial charge on any atom is 0.225 e. The minimum Gasteiger partial charge on any atom is -0.341 e. The summed E-state index contributed by atoms with van der Waals surface area (Å²) in [4.78, 5) is 23.2. The van der Waals surface area contributed by atoms with E-state index in [1.54, 1.807) is 18.6 Å². The Labute approximate surface area is 158 Å². The molecule has 1 atom stereocenters. The Morgan fingerprint density at radius 2 is 2.04 bits per heavy atom. The predicted molar refractivity (Wildman–Crippen MR) is 100 cm³/mol. The summed E-state index contributed by atoms with van der Waals surface area (Å²) in [6, 6.07) is 10.1. The van der Waals surface area contributed by atoms with E-state index in [9.17, 15) is 4.79 Å². The van der Waals surface area contributed by atoms with E-state index in [0.29, 0.717) is 18.8 Å². The summed E-state index contributed by atoms with van der Waals surface area (Å²) in [5.74, 6) is 1.83. The van der Waals surface area contributed by atoms with Gasteiger partial charge in [0.25, 0.3) is 0 Å². The lowest BCUT2D eigenvalue weighted by atomic mass is 9.98. The number of benzene rings is 1. The monoisotopic (exact) mass is 362 g/mol. The zero-order valence-electron chi connectivity index (χ0n) is 15.3. The first-order chi connectivity index (χ1) is 13.2. The van der Waals surface area contributed by atoms with Crippen molar-refractivity contribution in [2.45, 2.75) is 32.4 Å². The molecule has 3 aromatic rings. The molecule has 1 amide bonds. The van der Waals surface area contributed by atoms with Crippen LogP contribution >= 0.6 is 0 Å². The van der Waals surface area contributed by atoms with Crippen LogP contribution in [0.15, 0.2) is 48.9 Å². The predicted octanol–water partition coefficient (Wildman–Crippen LogP) is 2.35. The number of fused-ring (bicyclic) bond motifs is 1. The van der Waals surface area contributed by atoms with Crippen molar-refractivity contribution in [2.24, 2.45) is 5.92 Å². The lowest BCUT2D eigenvalue weighted by Gasteiger charge is -2.23. The quantitative estimate of drug-likeness (QED) is 0.712. The fourth-order valence-electron chi connectivity index (χ4n) is 3.59. The van der Waals surface area contributed by atoms with Gasteiger partial charge in [0.1, 0.15) is 11.5 Å². The Balaban J connectivity index is 1.45. The maximum absolute atomic E-state index is 12.9. The van der Waals surface area contributed by atoms with Crippen LogP contribution in [0.1, 0.15) is 24.2 Å². The first-order valence-corrected chi connectivity index (χ1v) is 9.20. The van der Waals surface area contributed by atoms with Crippen LogP contribution < -0.4 is 0 Å². The summed E-state index contributed by atoms with van der Waals surface area (Å²) in [5.41, 5.74) is 1.85. The van der Waals surface area contributed by atoms with E-state index in [2.05, 4.69) is 24.7 Å². The fraction of sp³-hybridized carbons (Fsp3) is 0.350. The van der Waals surface area contributed by atoms with Gasteiger partial charge in [0.05, 0.1) is 6.20 Å². The van der Waals surface area contributed by atoms with Gasteiger partial charge < -0.3 is 9.47 Å². The molecule has 1 aliphatic rings. The molecule has 0 radical (unpaired) electrons. The Bertz CT molecular complexity index is 909. The number of amides is 1. The van der Waals surface area contributed by atoms with Crippen molar-refractivity contribution in [3.05, 3.63) is 60.3 Å². The number of carbonyl (C=O) groups is 1. The maximum atomic E-state index is 12.9. The molecule has 0 fully saturated rings. The molecule has 4 rings (SSSR count). The molecule has 0 bridgehead atoms. The first kappa shape index (κ1) is 17.3. The van der Waals surface area contributed by atoms with Crippen LogP contribution in [0.4, 0.5) is 0 Å². The average molecular weight is 362 g/mol. The fourth-order valence-corrected chi connectivity index (χ4v) is 3.59. The molecule has 1 unspecified atom stereocenters. The van der Waals surface area contributed by atoms with Crippen LogP contribution in [0, 0.1) is 5.92 Å². The Morgan fingerprint density at radius 3 is 2.81 bits per heavy atom. The van der Waals surface area contributed by atoms with Crippen molar-refractivity contribution in [3.63, 3.8) is 0 Å². The minimum atomic E-state index is -0.00452. The molecule has 138 valence electrons. The molecule has 0 saturated heterocycles. The molecule has 7 heteroatoms. The number of rotatable bonds is 4. The third kappa shape index (κ3) is 3.72. The second kappa shape index (κ2) is 7.65. The largest absolute Gasteiger partial charge is 0.341 e. The van der Waals surface area contributed by atoms with Gasteiger partial charge in [0, 0.05) is 44.9 Å². The number of aromatic nitrogens is 5. The Morgan fingerprint density at radius 1 is 1.19 bits per heavy atom. The Kier molecular flexibility index (Phi) is 4.91. The normalized spacial score (nSPS) is 16.4. The van der Waals surface area contributed by atoms with Crippen molar-refractivity contribution in [3.8, 4) is 11.5 Å². The molecule has 7 nitrogen and oxygen atoms in total. The number of hydrogen-bond donors (Lipinski definition) is 0. The highest BCUT2D eigenvalue weighted by Gasteiger charge is 2.27. The molecule has 1 aromatic carbocycles. The second-order valence-corrected chi connectivity index (χ2v) is 6.89. The van der Waals surface area contributed by atoms with E-state index in [0.717, 1.165) is 36.5 Å². The first-order valence-electron chi connectivity index (χ1n) is 9.20. The lowest BCUT2D eigenvalue weighted by molar-refractivity contribution is -0.135. The molecular formula is C20H22N6O. The standard InChI is InChI=1S/C20H22N6O/c1-25(14-15-5-3-2-4-6-15)20(27)16-7-8-18-23-24-19(26(18)12-9-16)17-13-21-10-11-22-17/h2-6,10-11,13,16H,7-9,12,14H2,1H3. The zero-order chi connectivity index (χ0) is 18.6. The molecule has 1 aliphatic heterocycles. The van der Waals surface area contributed by atoms with E-state index in [4.69, 9.17) is 0 Å². The molecule has 2 aromatic heterocycles. The Hall–Kier alpha value is -3.09. The van der Waals surface area contributed by atoms with Gasteiger partial charge in [0.15, 0.2) is 5.82 Å². The van der Waals surface area contributed by atoms with Crippen LogP contribution in [-0.4, -0.2) is 42.6 Å². The number of nitrogens with zero attached hydrogens (tertiary/aromatic N) is 6. The van der Waals surface area contributed by atoms with Gasteiger partial charge in [-0.15, -0.1) is 10.2 Å². The third-order valence-electron chi connectivity index (χ3n) is 5.03.